The van der Waals surface area contributed by atoms with E-state index in [0.717, 1.165) is 31.7 Å². The quantitative estimate of drug-likeness (QED) is 0.621. The van der Waals surface area contributed by atoms with E-state index in [9.17, 15) is 5.11 Å². The number of rotatable bonds is 1. The first-order valence-electron chi connectivity index (χ1n) is 5.15. The highest BCUT2D eigenvalue weighted by molar-refractivity contribution is 4.97. The van der Waals surface area contributed by atoms with Crippen molar-refractivity contribution >= 4 is 0 Å². The van der Waals surface area contributed by atoms with Crippen molar-refractivity contribution < 1.29 is 5.11 Å². The number of nitrogens with two attached hydrogens (primary N) is 1. The molecule has 0 aliphatic heterocycles. The molecule has 0 saturated heterocycles. The highest BCUT2D eigenvalue weighted by Gasteiger charge is 2.44. The summed E-state index contributed by atoms with van der Waals surface area (Å²) >= 11 is 0. The molecule has 0 aromatic rings. The lowest BCUT2D eigenvalue weighted by atomic mass is 9.67. The van der Waals surface area contributed by atoms with Crippen LogP contribution in [0.2, 0.25) is 0 Å². The minimum Gasteiger partial charge on any atom is -0.393 e. The molecule has 2 rings (SSSR count). The van der Waals surface area contributed by atoms with Crippen molar-refractivity contribution in [2.75, 3.05) is 6.54 Å². The Morgan fingerprint density at radius 3 is 2.92 bits per heavy atom. The number of fused-ring (bicyclic) bond motifs is 1. The van der Waals surface area contributed by atoms with Gasteiger partial charge in [-0.05, 0) is 50.0 Å². The summed E-state index contributed by atoms with van der Waals surface area (Å²) in [5.41, 5.74) is 6.27. The van der Waals surface area contributed by atoms with Crippen molar-refractivity contribution in [1.29, 1.82) is 0 Å². The van der Waals surface area contributed by atoms with E-state index in [-0.39, 0.29) is 6.10 Å². The summed E-state index contributed by atoms with van der Waals surface area (Å²) in [6.45, 7) is 0.838. The monoisotopic (exact) mass is 169 g/mol. The first kappa shape index (κ1) is 8.52. The van der Waals surface area contributed by atoms with Crippen LogP contribution in [0.1, 0.15) is 38.5 Å². The maximum absolute atomic E-state index is 9.53. The molecule has 2 aliphatic rings. The molecule has 0 amide bonds. The molecule has 3 atom stereocenters. The molecule has 0 bridgehead atoms. The second-order valence-corrected chi connectivity index (χ2v) is 4.58. The second-order valence-electron chi connectivity index (χ2n) is 4.58. The van der Waals surface area contributed by atoms with Crippen molar-refractivity contribution in [3.05, 3.63) is 0 Å². The number of hydrogen-bond acceptors (Lipinski definition) is 2. The summed E-state index contributed by atoms with van der Waals surface area (Å²) < 4.78 is 0. The Morgan fingerprint density at radius 2 is 2.17 bits per heavy atom. The van der Waals surface area contributed by atoms with Crippen molar-refractivity contribution in [2.24, 2.45) is 17.1 Å². The lowest BCUT2D eigenvalue weighted by molar-refractivity contribution is 0.0311. The van der Waals surface area contributed by atoms with Crippen LogP contribution in [0, 0.1) is 11.3 Å². The maximum Gasteiger partial charge on any atom is 0.0543 e. The molecule has 3 N–H and O–H groups in total. The SMILES string of the molecule is NCC12CCCC1CC(O)CC2. The first-order valence-corrected chi connectivity index (χ1v) is 5.15. The average molecular weight is 169 g/mol. The molecule has 2 heteroatoms. The Balaban J connectivity index is 2.10. The summed E-state index contributed by atoms with van der Waals surface area (Å²) in [7, 11) is 0. The fourth-order valence-electron chi connectivity index (χ4n) is 3.18. The third-order valence-corrected chi connectivity index (χ3v) is 4.03. The minimum absolute atomic E-state index is 0.0345. The van der Waals surface area contributed by atoms with Gasteiger partial charge in [0.15, 0.2) is 0 Å². The Kier molecular flexibility index (Phi) is 2.13. The largest absolute Gasteiger partial charge is 0.393 e. The third kappa shape index (κ3) is 1.17. The van der Waals surface area contributed by atoms with Gasteiger partial charge in [-0.3, -0.25) is 0 Å². The Hall–Kier alpha value is -0.0800. The van der Waals surface area contributed by atoms with E-state index in [4.69, 9.17) is 5.73 Å². The Morgan fingerprint density at radius 1 is 1.33 bits per heavy atom. The zero-order chi connectivity index (χ0) is 8.60. The van der Waals surface area contributed by atoms with Gasteiger partial charge in [0, 0.05) is 0 Å². The highest BCUT2D eigenvalue weighted by atomic mass is 16.3. The summed E-state index contributed by atoms with van der Waals surface area (Å²) in [6, 6.07) is 0. The van der Waals surface area contributed by atoms with Gasteiger partial charge < -0.3 is 10.8 Å². The molecule has 70 valence electrons. The predicted octanol–water partition coefficient (Wildman–Crippen LogP) is 1.28. The number of hydrogen-bond donors (Lipinski definition) is 2. The molecule has 3 unspecified atom stereocenters. The molecule has 2 fully saturated rings. The van der Waals surface area contributed by atoms with E-state index in [1.165, 1.54) is 19.3 Å². The predicted molar refractivity (Wildman–Crippen MR) is 48.7 cm³/mol. The molecule has 2 nitrogen and oxygen atoms in total. The van der Waals surface area contributed by atoms with Gasteiger partial charge in [-0.2, -0.15) is 0 Å². The van der Waals surface area contributed by atoms with Gasteiger partial charge >= 0.3 is 0 Å². The lowest BCUT2D eigenvalue weighted by Crippen LogP contribution is -2.40. The zero-order valence-electron chi connectivity index (χ0n) is 7.63. The third-order valence-electron chi connectivity index (χ3n) is 4.03. The van der Waals surface area contributed by atoms with Crippen LogP contribution in [0.4, 0.5) is 0 Å². The van der Waals surface area contributed by atoms with Gasteiger partial charge in [0.05, 0.1) is 6.10 Å². The van der Waals surface area contributed by atoms with Gasteiger partial charge in [0.25, 0.3) is 0 Å². The van der Waals surface area contributed by atoms with E-state index in [2.05, 4.69) is 0 Å². The van der Waals surface area contributed by atoms with E-state index < -0.39 is 0 Å². The van der Waals surface area contributed by atoms with E-state index in [0.29, 0.717) is 5.41 Å². The first-order chi connectivity index (χ1) is 5.77. The van der Waals surface area contributed by atoms with Crippen molar-refractivity contribution in [3.8, 4) is 0 Å². The molecule has 0 aromatic carbocycles. The van der Waals surface area contributed by atoms with Crippen LogP contribution in [-0.4, -0.2) is 17.8 Å². The zero-order valence-corrected chi connectivity index (χ0v) is 7.63. The van der Waals surface area contributed by atoms with Crippen LogP contribution in [0.15, 0.2) is 0 Å². The van der Waals surface area contributed by atoms with Gasteiger partial charge in [-0.15, -0.1) is 0 Å². The summed E-state index contributed by atoms with van der Waals surface area (Å²) in [4.78, 5) is 0. The molecule has 0 radical (unpaired) electrons. The molecule has 12 heavy (non-hydrogen) atoms. The molecule has 0 spiro atoms. The minimum atomic E-state index is -0.0345. The van der Waals surface area contributed by atoms with Crippen molar-refractivity contribution in [3.63, 3.8) is 0 Å². The molecular weight excluding hydrogens is 150 g/mol. The van der Waals surface area contributed by atoms with Crippen molar-refractivity contribution in [2.45, 2.75) is 44.6 Å². The summed E-state index contributed by atoms with van der Waals surface area (Å²) in [5.74, 6) is 0.728. The molecular formula is C10H19NO. The molecule has 2 saturated carbocycles. The Bertz CT molecular complexity index is 171. The van der Waals surface area contributed by atoms with Crippen molar-refractivity contribution in [1.82, 2.24) is 0 Å². The van der Waals surface area contributed by atoms with E-state index in [1.807, 2.05) is 0 Å². The summed E-state index contributed by atoms with van der Waals surface area (Å²) in [5, 5.41) is 9.53. The van der Waals surface area contributed by atoms with Crippen LogP contribution < -0.4 is 5.73 Å². The van der Waals surface area contributed by atoms with Gasteiger partial charge in [0.2, 0.25) is 0 Å². The molecule has 2 aliphatic carbocycles. The van der Waals surface area contributed by atoms with Crippen LogP contribution in [0.3, 0.4) is 0 Å². The van der Waals surface area contributed by atoms with Crippen LogP contribution in [0.25, 0.3) is 0 Å². The fraction of sp³-hybridized carbons (Fsp3) is 1.00. The molecule has 0 aromatic heterocycles. The van der Waals surface area contributed by atoms with Crippen LogP contribution in [0.5, 0.6) is 0 Å². The second kappa shape index (κ2) is 3.00. The van der Waals surface area contributed by atoms with Crippen LogP contribution in [-0.2, 0) is 0 Å². The normalized spacial score (nSPS) is 47.5. The maximum atomic E-state index is 9.53. The average Bonchev–Trinajstić information content (AvgIpc) is 2.48. The highest BCUT2D eigenvalue weighted by Crippen LogP contribution is 2.51. The van der Waals surface area contributed by atoms with Crippen LogP contribution >= 0.6 is 0 Å². The Labute approximate surface area is 74.1 Å². The van der Waals surface area contributed by atoms with E-state index in [1.54, 1.807) is 0 Å². The number of aliphatic hydroxyl groups excluding tert-OH is 1. The van der Waals surface area contributed by atoms with Gasteiger partial charge in [-0.1, -0.05) is 6.42 Å². The lowest BCUT2D eigenvalue weighted by Gasteiger charge is -2.40. The molecule has 0 heterocycles. The standard InChI is InChI=1S/C10H19NO/c11-7-10-4-1-2-8(10)6-9(12)3-5-10/h8-9,12H,1-7,11H2. The number of aliphatic hydroxyl groups is 1. The van der Waals surface area contributed by atoms with Gasteiger partial charge in [0.1, 0.15) is 0 Å². The fourth-order valence-corrected chi connectivity index (χ4v) is 3.18. The summed E-state index contributed by atoms with van der Waals surface area (Å²) in [6.07, 6.45) is 7.05. The topological polar surface area (TPSA) is 46.2 Å². The smallest absolute Gasteiger partial charge is 0.0543 e. The van der Waals surface area contributed by atoms with Gasteiger partial charge in [-0.25, -0.2) is 0 Å². The van der Waals surface area contributed by atoms with E-state index >= 15 is 0 Å².